The second-order valence-corrected chi connectivity index (χ2v) is 13.0. The number of pyridine rings is 1. The van der Waals surface area contributed by atoms with E-state index in [1.807, 2.05) is 58.0 Å². The van der Waals surface area contributed by atoms with E-state index in [-0.39, 0.29) is 29.7 Å². The van der Waals surface area contributed by atoms with E-state index in [9.17, 15) is 22.8 Å². The van der Waals surface area contributed by atoms with Crippen LogP contribution in [0.15, 0.2) is 66.9 Å². The summed E-state index contributed by atoms with van der Waals surface area (Å²) in [6, 6.07) is 15.4. The molecule has 1 aliphatic rings. The van der Waals surface area contributed by atoms with Crippen LogP contribution in [0.25, 0.3) is 0 Å². The van der Waals surface area contributed by atoms with E-state index in [0.717, 1.165) is 49.3 Å². The Balaban J connectivity index is 1.72. The molecule has 6 nitrogen and oxygen atoms in total. The van der Waals surface area contributed by atoms with Crippen molar-refractivity contribution in [2.75, 3.05) is 5.32 Å². The second-order valence-electron chi connectivity index (χ2n) is 13.0. The first-order valence-corrected chi connectivity index (χ1v) is 15.9. The third kappa shape index (κ3) is 8.44. The first kappa shape index (κ1) is 34.0. The van der Waals surface area contributed by atoms with Crippen LogP contribution in [-0.2, 0) is 17.4 Å². The van der Waals surface area contributed by atoms with Crippen molar-refractivity contribution in [2.24, 2.45) is 5.92 Å². The van der Waals surface area contributed by atoms with E-state index in [0.29, 0.717) is 11.4 Å². The number of rotatable bonds is 10. The molecule has 0 spiro atoms. The topological polar surface area (TPSA) is 83.1 Å². The molecule has 0 bridgehead atoms. The van der Waals surface area contributed by atoms with Gasteiger partial charge in [-0.2, -0.15) is 13.2 Å². The van der Waals surface area contributed by atoms with Crippen molar-refractivity contribution in [3.05, 3.63) is 94.8 Å². The molecule has 3 aromatic rings. The Labute approximate surface area is 264 Å². The molecule has 2 aromatic carbocycles. The van der Waals surface area contributed by atoms with Gasteiger partial charge < -0.3 is 16.0 Å². The van der Waals surface area contributed by atoms with Crippen LogP contribution in [0.1, 0.15) is 113 Å². The average molecular weight is 623 g/mol. The first-order valence-electron chi connectivity index (χ1n) is 15.9. The van der Waals surface area contributed by atoms with Crippen LogP contribution in [0.3, 0.4) is 0 Å². The van der Waals surface area contributed by atoms with Gasteiger partial charge in [0.15, 0.2) is 0 Å². The van der Waals surface area contributed by atoms with E-state index in [4.69, 9.17) is 0 Å². The van der Waals surface area contributed by atoms with Gasteiger partial charge in [-0.15, -0.1) is 0 Å². The average Bonchev–Trinajstić information content (AvgIpc) is 3.00. The van der Waals surface area contributed by atoms with Gasteiger partial charge in [-0.05, 0) is 72.4 Å². The molecule has 1 saturated carbocycles. The number of benzene rings is 2. The molecule has 0 radical (unpaired) electrons. The predicted molar refractivity (Wildman–Crippen MR) is 172 cm³/mol. The van der Waals surface area contributed by atoms with Crippen molar-refractivity contribution >= 4 is 17.6 Å². The fraction of sp³-hybridized carbons (Fsp3) is 0.472. The largest absolute Gasteiger partial charge is 0.416 e. The maximum atomic E-state index is 14.3. The third-order valence-electron chi connectivity index (χ3n) is 8.78. The van der Waals surface area contributed by atoms with Crippen molar-refractivity contribution in [1.29, 1.82) is 0 Å². The molecular formula is C36H45F3N4O2. The number of aromatic nitrogens is 1. The molecule has 45 heavy (non-hydrogen) atoms. The van der Waals surface area contributed by atoms with Gasteiger partial charge in [0.25, 0.3) is 0 Å². The minimum absolute atomic E-state index is 0.0829. The van der Waals surface area contributed by atoms with E-state index in [1.165, 1.54) is 25.1 Å². The van der Waals surface area contributed by atoms with Gasteiger partial charge in [-0.1, -0.05) is 89.4 Å². The lowest BCUT2D eigenvalue weighted by atomic mass is 9.81. The lowest BCUT2D eigenvalue weighted by molar-refractivity contribution is -0.138. The standard InChI is InChI=1S/C36H45F3N4O2/c1-23(2)27-17-13-18-28(24(3)4)32(27)42-34(45)43-35(5,22-26-16-9-10-19-29(26)36(37,38)39)33(44)41-31(25-14-7-6-8-15-25)30-20-11-12-21-40-30/h9-13,16-21,23-25,31H,6-8,14-15,22H2,1-5H3,(H,41,44)(H2,42,43,45). The lowest BCUT2D eigenvalue weighted by Crippen LogP contribution is -2.60. The highest BCUT2D eigenvalue weighted by Crippen LogP contribution is 2.37. The summed E-state index contributed by atoms with van der Waals surface area (Å²) >= 11 is 0. The summed E-state index contributed by atoms with van der Waals surface area (Å²) in [6.07, 6.45) is 1.62. The van der Waals surface area contributed by atoms with Gasteiger partial charge in [0.2, 0.25) is 5.91 Å². The van der Waals surface area contributed by atoms with Crippen LogP contribution in [0.4, 0.5) is 23.7 Å². The van der Waals surface area contributed by atoms with E-state index in [1.54, 1.807) is 12.3 Å². The third-order valence-corrected chi connectivity index (χ3v) is 8.78. The van der Waals surface area contributed by atoms with Crippen molar-refractivity contribution in [3.8, 4) is 0 Å². The Morgan fingerprint density at radius 3 is 2.07 bits per heavy atom. The molecule has 1 aliphatic carbocycles. The molecule has 3 N–H and O–H groups in total. The lowest BCUT2D eigenvalue weighted by Gasteiger charge is -2.36. The molecule has 0 aliphatic heterocycles. The Morgan fingerprint density at radius 2 is 1.49 bits per heavy atom. The van der Waals surface area contributed by atoms with Gasteiger partial charge >= 0.3 is 12.2 Å². The van der Waals surface area contributed by atoms with Crippen LogP contribution >= 0.6 is 0 Å². The van der Waals surface area contributed by atoms with Gasteiger partial charge in [0.05, 0.1) is 17.3 Å². The van der Waals surface area contributed by atoms with Crippen LogP contribution in [0.5, 0.6) is 0 Å². The SMILES string of the molecule is CC(C)c1cccc(C(C)C)c1NC(=O)NC(C)(Cc1ccccc1C(F)(F)F)C(=O)NC(c1ccccn1)C1CCCCC1. The number of hydrogen-bond donors (Lipinski definition) is 3. The summed E-state index contributed by atoms with van der Waals surface area (Å²) in [5.74, 6) is -0.259. The smallest absolute Gasteiger partial charge is 0.345 e. The molecule has 242 valence electrons. The Hall–Kier alpha value is -3.88. The number of amides is 3. The van der Waals surface area contributed by atoms with Crippen molar-refractivity contribution in [3.63, 3.8) is 0 Å². The summed E-state index contributed by atoms with van der Waals surface area (Å²) in [6.45, 7) is 9.59. The Morgan fingerprint density at radius 1 is 0.867 bits per heavy atom. The molecule has 2 unspecified atom stereocenters. The number of hydrogen-bond acceptors (Lipinski definition) is 3. The maximum absolute atomic E-state index is 14.3. The molecule has 3 amide bonds. The minimum atomic E-state index is -4.63. The van der Waals surface area contributed by atoms with Gasteiger partial charge in [-0.25, -0.2) is 4.79 Å². The second kappa shape index (κ2) is 14.5. The molecule has 1 heterocycles. The zero-order valence-corrected chi connectivity index (χ0v) is 26.8. The van der Waals surface area contributed by atoms with Crippen molar-refractivity contribution in [2.45, 2.75) is 103 Å². The number of nitrogens with zero attached hydrogens (tertiary/aromatic N) is 1. The van der Waals surface area contributed by atoms with Crippen LogP contribution in [0.2, 0.25) is 0 Å². The minimum Gasteiger partial charge on any atom is -0.345 e. The molecule has 0 saturated heterocycles. The van der Waals surface area contributed by atoms with Crippen LogP contribution in [-0.4, -0.2) is 22.5 Å². The monoisotopic (exact) mass is 622 g/mol. The van der Waals surface area contributed by atoms with Gasteiger partial charge in [0, 0.05) is 18.3 Å². The normalized spacial score (nSPS) is 16.2. The van der Waals surface area contributed by atoms with Crippen molar-refractivity contribution in [1.82, 2.24) is 15.6 Å². The summed E-state index contributed by atoms with van der Waals surface area (Å²) < 4.78 is 42.2. The molecule has 1 fully saturated rings. The van der Waals surface area contributed by atoms with Crippen LogP contribution in [0, 0.1) is 5.92 Å². The Kier molecular flexibility index (Phi) is 10.9. The van der Waals surface area contributed by atoms with Crippen LogP contribution < -0.4 is 16.0 Å². The molecule has 2 atom stereocenters. The summed E-state index contributed by atoms with van der Waals surface area (Å²) in [7, 11) is 0. The van der Waals surface area contributed by atoms with E-state index >= 15 is 0 Å². The maximum Gasteiger partial charge on any atom is 0.416 e. The summed E-state index contributed by atoms with van der Waals surface area (Å²) in [4.78, 5) is 32.6. The quantitative estimate of drug-likeness (QED) is 0.211. The molecule has 1 aromatic heterocycles. The summed E-state index contributed by atoms with van der Waals surface area (Å²) in [5, 5.41) is 8.90. The first-order chi connectivity index (χ1) is 21.3. The molecule has 4 rings (SSSR count). The number of alkyl halides is 3. The molecular weight excluding hydrogens is 577 g/mol. The summed E-state index contributed by atoms with van der Waals surface area (Å²) in [5.41, 5.74) is 0.528. The van der Waals surface area contributed by atoms with Gasteiger partial charge in [0.1, 0.15) is 5.54 Å². The predicted octanol–water partition coefficient (Wildman–Crippen LogP) is 8.91. The number of carbonyl (C=O) groups is 2. The fourth-order valence-electron chi connectivity index (χ4n) is 6.37. The zero-order valence-electron chi connectivity index (χ0n) is 26.8. The number of urea groups is 1. The molecule has 9 heteroatoms. The highest BCUT2D eigenvalue weighted by atomic mass is 19.4. The Bertz CT molecular complexity index is 1430. The number of para-hydroxylation sites is 1. The van der Waals surface area contributed by atoms with Gasteiger partial charge in [-0.3, -0.25) is 9.78 Å². The van der Waals surface area contributed by atoms with E-state index < -0.39 is 35.3 Å². The number of halogens is 3. The highest BCUT2D eigenvalue weighted by molar-refractivity contribution is 5.97. The number of anilines is 1. The number of nitrogens with one attached hydrogen (secondary N) is 3. The van der Waals surface area contributed by atoms with E-state index in [2.05, 4.69) is 20.9 Å². The number of carbonyl (C=O) groups excluding carboxylic acids is 2. The zero-order chi connectivity index (χ0) is 32.8. The highest BCUT2D eigenvalue weighted by Gasteiger charge is 2.41. The fourth-order valence-corrected chi connectivity index (χ4v) is 6.37. The van der Waals surface area contributed by atoms with Crippen molar-refractivity contribution < 1.29 is 22.8 Å².